The van der Waals surface area contributed by atoms with E-state index < -0.39 is 22.5 Å². The molecule has 0 aliphatic heterocycles. The lowest BCUT2D eigenvalue weighted by atomic mass is 9.96. The number of benzene rings is 2. The number of phenolic OH excluding ortho intramolecular Hbond substituents is 2. The number of aryl methyl sites for hydroxylation is 2. The Hall–Kier alpha value is -2.99. The molecule has 0 radical (unpaired) electrons. The number of phenols is 2. The van der Waals surface area contributed by atoms with Gasteiger partial charge in [0.1, 0.15) is 22.5 Å². The topological polar surface area (TPSA) is 111 Å². The molecule has 0 spiro atoms. The standard InChI is InChI=1S/C21H22O6/c1-11-4-6-12(7-5-11)19-18(25)17(24)16-15(23)10-14(22)13(20(16)27-19)8-9-21(2,3)26/h4-7,10,22-23,25-26H,8-9H2,1-3H3. The Balaban J connectivity index is 2.30. The number of aromatic hydroxyl groups is 3. The molecule has 0 saturated heterocycles. The molecular formula is C21H22O6. The van der Waals surface area contributed by atoms with Gasteiger partial charge in [-0.1, -0.05) is 29.8 Å². The fourth-order valence-corrected chi connectivity index (χ4v) is 2.95. The third-order valence-corrected chi connectivity index (χ3v) is 4.50. The second-order valence-corrected chi connectivity index (χ2v) is 7.38. The van der Waals surface area contributed by atoms with Crippen molar-refractivity contribution in [2.45, 2.75) is 39.2 Å². The molecule has 6 nitrogen and oxygen atoms in total. The van der Waals surface area contributed by atoms with Gasteiger partial charge in [-0.3, -0.25) is 4.79 Å². The first-order valence-electron chi connectivity index (χ1n) is 8.61. The van der Waals surface area contributed by atoms with Crippen LogP contribution in [0, 0.1) is 6.92 Å². The van der Waals surface area contributed by atoms with Crippen molar-refractivity contribution in [3.05, 3.63) is 51.7 Å². The van der Waals surface area contributed by atoms with Crippen molar-refractivity contribution in [2.75, 3.05) is 0 Å². The lowest BCUT2D eigenvalue weighted by molar-refractivity contribution is 0.0713. The quantitative estimate of drug-likeness (QED) is 0.558. The monoisotopic (exact) mass is 370 g/mol. The zero-order valence-corrected chi connectivity index (χ0v) is 15.4. The van der Waals surface area contributed by atoms with Gasteiger partial charge in [0.2, 0.25) is 11.2 Å². The molecule has 3 aromatic rings. The predicted molar refractivity (Wildman–Crippen MR) is 102 cm³/mol. The smallest absolute Gasteiger partial charge is 0.238 e. The van der Waals surface area contributed by atoms with Gasteiger partial charge in [0, 0.05) is 17.2 Å². The summed E-state index contributed by atoms with van der Waals surface area (Å²) in [6.07, 6.45) is 0.512. The zero-order valence-electron chi connectivity index (χ0n) is 15.4. The van der Waals surface area contributed by atoms with E-state index in [1.807, 2.05) is 19.1 Å². The summed E-state index contributed by atoms with van der Waals surface area (Å²) in [5, 5.41) is 40.5. The summed E-state index contributed by atoms with van der Waals surface area (Å²) in [4.78, 5) is 12.7. The Labute approximate surface area is 156 Å². The van der Waals surface area contributed by atoms with Crippen molar-refractivity contribution >= 4 is 11.0 Å². The maximum Gasteiger partial charge on any atom is 0.238 e. The minimum Gasteiger partial charge on any atom is -0.507 e. The first kappa shape index (κ1) is 18.8. The van der Waals surface area contributed by atoms with Crippen LogP contribution in [0.2, 0.25) is 0 Å². The second-order valence-electron chi connectivity index (χ2n) is 7.38. The third kappa shape index (κ3) is 3.61. The van der Waals surface area contributed by atoms with Crippen molar-refractivity contribution in [1.29, 1.82) is 0 Å². The summed E-state index contributed by atoms with van der Waals surface area (Å²) >= 11 is 0. The molecular weight excluding hydrogens is 348 g/mol. The van der Waals surface area contributed by atoms with Crippen LogP contribution < -0.4 is 5.43 Å². The first-order chi connectivity index (χ1) is 12.6. The van der Waals surface area contributed by atoms with Crippen LogP contribution in [0.5, 0.6) is 17.2 Å². The van der Waals surface area contributed by atoms with Crippen LogP contribution in [0.25, 0.3) is 22.3 Å². The fraction of sp³-hybridized carbons (Fsp3) is 0.286. The normalized spacial score (nSPS) is 11.9. The Morgan fingerprint density at radius 1 is 1.04 bits per heavy atom. The number of fused-ring (bicyclic) bond motifs is 1. The largest absolute Gasteiger partial charge is 0.507 e. The van der Waals surface area contributed by atoms with Gasteiger partial charge < -0.3 is 24.8 Å². The molecule has 0 aliphatic carbocycles. The highest BCUT2D eigenvalue weighted by Gasteiger charge is 2.24. The van der Waals surface area contributed by atoms with E-state index in [9.17, 15) is 25.2 Å². The van der Waals surface area contributed by atoms with Gasteiger partial charge in [0.25, 0.3) is 0 Å². The van der Waals surface area contributed by atoms with Crippen LogP contribution >= 0.6 is 0 Å². The molecule has 0 unspecified atom stereocenters. The number of aliphatic hydroxyl groups is 1. The van der Waals surface area contributed by atoms with E-state index in [1.165, 1.54) is 0 Å². The van der Waals surface area contributed by atoms with Gasteiger partial charge in [-0.2, -0.15) is 0 Å². The van der Waals surface area contributed by atoms with Crippen LogP contribution in [-0.2, 0) is 6.42 Å². The van der Waals surface area contributed by atoms with E-state index in [4.69, 9.17) is 4.42 Å². The highest BCUT2D eigenvalue weighted by Crippen LogP contribution is 2.39. The minimum absolute atomic E-state index is 0.00451. The van der Waals surface area contributed by atoms with Gasteiger partial charge in [0.05, 0.1) is 5.60 Å². The molecule has 0 fully saturated rings. The number of rotatable bonds is 4. The van der Waals surface area contributed by atoms with Gasteiger partial charge in [-0.15, -0.1) is 0 Å². The summed E-state index contributed by atoms with van der Waals surface area (Å²) in [5.41, 5.74) is 0.00319. The Kier molecular flexibility index (Phi) is 4.61. The lowest BCUT2D eigenvalue weighted by Crippen LogP contribution is -2.19. The molecule has 142 valence electrons. The fourth-order valence-electron chi connectivity index (χ4n) is 2.95. The molecule has 0 amide bonds. The molecule has 1 aromatic heterocycles. The van der Waals surface area contributed by atoms with Gasteiger partial charge in [-0.25, -0.2) is 0 Å². The van der Waals surface area contributed by atoms with E-state index in [-0.39, 0.29) is 34.5 Å². The van der Waals surface area contributed by atoms with E-state index in [0.29, 0.717) is 12.0 Å². The molecule has 3 rings (SSSR count). The van der Waals surface area contributed by atoms with E-state index >= 15 is 0 Å². The minimum atomic E-state index is -0.992. The average molecular weight is 370 g/mol. The Bertz CT molecular complexity index is 1060. The van der Waals surface area contributed by atoms with Crippen LogP contribution in [-0.4, -0.2) is 26.0 Å². The Morgan fingerprint density at radius 3 is 2.26 bits per heavy atom. The van der Waals surface area contributed by atoms with Crippen molar-refractivity contribution in [1.82, 2.24) is 0 Å². The molecule has 1 heterocycles. The van der Waals surface area contributed by atoms with Crippen LogP contribution in [0.1, 0.15) is 31.4 Å². The molecule has 6 heteroatoms. The highest BCUT2D eigenvalue weighted by molar-refractivity contribution is 5.91. The molecule has 0 atom stereocenters. The van der Waals surface area contributed by atoms with E-state index in [2.05, 4.69) is 0 Å². The van der Waals surface area contributed by atoms with Crippen LogP contribution in [0.15, 0.2) is 39.5 Å². The van der Waals surface area contributed by atoms with Gasteiger partial charge >= 0.3 is 0 Å². The number of hydrogen-bond acceptors (Lipinski definition) is 6. The summed E-state index contributed by atoms with van der Waals surface area (Å²) in [7, 11) is 0. The van der Waals surface area contributed by atoms with Crippen molar-refractivity contribution in [2.24, 2.45) is 0 Å². The summed E-state index contributed by atoms with van der Waals surface area (Å²) in [6.45, 7) is 5.17. The zero-order chi connectivity index (χ0) is 19.9. The molecule has 0 bridgehead atoms. The van der Waals surface area contributed by atoms with Gasteiger partial charge in [-0.05, 0) is 33.6 Å². The van der Waals surface area contributed by atoms with Crippen molar-refractivity contribution in [3.8, 4) is 28.6 Å². The first-order valence-corrected chi connectivity index (χ1v) is 8.61. The summed E-state index contributed by atoms with van der Waals surface area (Å²) in [6, 6.07) is 8.09. The molecule has 2 aromatic carbocycles. The Morgan fingerprint density at radius 2 is 1.67 bits per heavy atom. The summed E-state index contributed by atoms with van der Waals surface area (Å²) < 4.78 is 5.81. The van der Waals surface area contributed by atoms with Crippen molar-refractivity contribution in [3.63, 3.8) is 0 Å². The van der Waals surface area contributed by atoms with E-state index in [1.54, 1.807) is 26.0 Å². The van der Waals surface area contributed by atoms with Crippen LogP contribution in [0.3, 0.4) is 0 Å². The van der Waals surface area contributed by atoms with Crippen LogP contribution in [0.4, 0.5) is 0 Å². The third-order valence-electron chi connectivity index (χ3n) is 4.50. The molecule has 0 saturated carbocycles. The van der Waals surface area contributed by atoms with Crippen molar-refractivity contribution < 1.29 is 24.8 Å². The maximum absolute atomic E-state index is 12.7. The predicted octanol–water partition coefficient (Wildman–Crippen LogP) is 3.59. The molecule has 27 heavy (non-hydrogen) atoms. The average Bonchev–Trinajstić information content (AvgIpc) is 2.57. The highest BCUT2D eigenvalue weighted by atomic mass is 16.4. The van der Waals surface area contributed by atoms with Gasteiger partial charge in [0.15, 0.2) is 5.76 Å². The SMILES string of the molecule is Cc1ccc(-c2oc3c(CCC(C)(C)O)c(O)cc(O)c3c(=O)c2O)cc1. The molecule has 4 N–H and O–H groups in total. The summed E-state index contributed by atoms with van der Waals surface area (Å²) in [5.74, 6) is -1.37. The number of hydrogen-bond donors (Lipinski definition) is 4. The van der Waals surface area contributed by atoms with E-state index in [0.717, 1.165) is 11.6 Å². The second kappa shape index (κ2) is 6.63. The lowest BCUT2D eigenvalue weighted by Gasteiger charge is -2.18. The molecule has 0 aliphatic rings. The maximum atomic E-state index is 12.7.